The first kappa shape index (κ1) is 26.5. The smallest absolute Gasteiger partial charge is 0.0461 e. The molecule has 190 valence electrons. The van der Waals surface area contributed by atoms with Crippen LogP contribution in [0.25, 0.3) is 6.08 Å². The zero-order valence-corrected chi connectivity index (χ0v) is 22.6. The van der Waals surface area contributed by atoms with Gasteiger partial charge in [0.05, 0.1) is 0 Å². The van der Waals surface area contributed by atoms with E-state index in [4.69, 9.17) is 0 Å². The summed E-state index contributed by atoms with van der Waals surface area (Å²) in [6.45, 7) is 12.1. The van der Waals surface area contributed by atoms with Gasteiger partial charge >= 0.3 is 0 Å². The van der Waals surface area contributed by atoms with Gasteiger partial charge < -0.3 is 9.80 Å². The molecule has 38 heavy (non-hydrogen) atoms. The summed E-state index contributed by atoms with van der Waals surface area (Å²) in [6, 6.07) is 27.8. The Labute approximate surface area is 228 Å². The minimum Gasteiger partial charge on any atom is -0.345 e. The number of hydrogen-bond donors (Lipinski definition) is 0. The summed E-state index contributed by atoms with van der Waals surface area (Å²) < 4.78 is 0. The molecule has 0 atom stereocenters. The van der Waals surface area contributed by atoms with Crippen molar-refractivity contribution in [2.24, 2.45) is 0 Å². The molecule has 4 rings (SSSR count). The Hall–Kier alpha value is -4.56. The van der Waals surface area contributed by atoms with Crippen LogP contribution in [0.2, 0.25) is 0 Å². The quantitative estimate of drug-likeness (QED) is 0.272. The van der Waals surface area contributed by atoms with Crippen molar-refractivity contribution in [2.45, 2.75) is 20.3 Å². The van der Waals surface area contributed by atoms with E-state index in [0.29, 0.717) is 0 Å². The van der Waals surface area contributed by atoms with Crippen molar-refractivity contribution >= 4 is 23.1 Å². The number of fused-ring (bicyclic) bond motifs is 1. The summed E-state index contributed by atoms with van der Waals surface area (Å²) in [6.07, 6.45) is 17.7. The molecule has 0 amide bonds. The molecule has 0 saturated carbocycles. The molecule has 0 N–H and O–H groups in total. The maximum atomic E-state index is 4.01. The van der Waals surface area contributed by atoms with Gasteiger partial charge in [0, 0.05) is 35.5 Å². The zero-order valence-electron chi connectivity index (χ0n) is 22.6. The first-order chi connectivity index (χ1) is 18.5. The minimum atomic E-state index is 0.915. The molecule has 0 fully saturated rings. The Morgan fingerprint density at radius 1 is 0.763 bits per heavy atom. The molecule has 0 unspecified atom stereocenters. The summed E-state index contributed by atoms with van der Waals surface area (Å²) in [5.41, 5.74) is 10.3. The Morgan fingerprint density at radius 2 is 1.39 bits per heavy atom. The predicted molar refractivity (Wildman–Crippen MR) is 167 cm³/mol. The van der Waals surface area contributed by atoms with Crippen molar-refractivity contribution in [1.82, 2.24) is 0 Å². The second-order valence-corrected chi connectivity index (χ2v) is 9.20. The fourth-order valence-electron chi connectivity index (χ4n) is 4.67. The van der Waals surface area contributed by atoms with Crippen LogP contribution in [0.15, 0.2) is 157 Å². The van der Waals surface area contributed by atoms with Crippen LogP contribution in [0.3, 0.4) is 0 Å². The average Bonchev–Trinajstić information content (AvgIpc) is 3.18. The minimum absolute atomic E-state index is 0.915. The molecule has 2 heteroatoms. The molecule has 0 aliphatic heterocycles. The fraction of sp³-hybridized carbons (Fsp3) is 0.111. The van der Waals surface area contributed by atoms with Crippen LogP contribution in [-0.4, -0.2) is 7.05 Å². The monoisotopic (exact) mass is 496 g/mol. The van der Waals surface area contributed by atoms with E-state index in [0.717, 1.165) is 46.0 Å². The highest BCUT2D eigenvalue weighted by Crippen LogP contribution is 2.32. The molecule has 0 bridgehead atoms. The second-order valence-electron chi connectivity index (χ2n) is 9.20. The highest BCUT2D eigenvalue weighted by atomic mass is 15.2. The van der Waals surface area contributed by atoms with Crippen molar-refractivity contribution in [3.63, 3.8) is 0 Å². The van der Waals surface area contributed by atoms with Crippen LogP contribution in [0.1, 0.15) is 25.0 Å². The first-order valence-electron chi connectivity index (χ1n) is 13.0. The maximum absolute atomic E-state index is 4.01. The van der Waals surface area contributed by atoms with E-state index in [1.165, 1.54) is 11.1 Å². The van der Waals surface area contributed by atoms with Crippen molar-refractivity contribution in [1.29, 1.82) is 0 Å². The van der Waals surface area contributed by atoms with Crippen LogP contribution < -0.4 is 9.80 Å². The molecule has 2 nitrogen and oxygen atoms in total. The third-order valence-corrected chi connectivity index (χ3v) is 6.82. The van der Waals surface area contributed by atoms with E-state index in [-0.39, 0.29) is 0 Å². The van der Waals surface area contributed by atoms with E-state index in [2.05, 4.69) is 146 Å². The Bertz CT molecular complexity index is 1430. The van der Waals surface area contributed by atoms with Crippen LogP contribution in [0.4, 0.5) is 17.1 Å². The van der Waals surface area contributed by atoms with Crippen molar-refractivity contribution in [2.75, 3.05) is 16.8 Å². The maximum Gasteiger partial charge on any atom is 0.0461 e. The number of rotatable bonds is 9. The summed E-state index contributed by atoms with van der Waals surface area (Å²) >= 11 is 0. The van der Waals surface area contributed by atoms with Gasteiger partial charge in [-0.25, -0.2) is 0 Å². The Morgan fingerprint density at radius 3 is 2.08 bits per heavy atom. The number of nitrogens with zero attached hydrogens (tertiary/aromatic N) is 2. The van der Waals surface area contributed by atoms with Crippen LogP contribution in [0.5, 0.6) is 0 Å². The summed E-state index contributed by atoms with van der Waals surface area (Å²) in [5.74, 6) is 0. The molecule has 0 heterocycles. The first-order valence-corrected chi connectivity index (χ1v) is 13.0. The van der Waals surface area contributed by atoms with Crippen LogP contribution in [-0.2, 0) is 6.42 Å². The molecule has 0 radical (unpaired) electrons. The molecular formula is C36H36N2. The zero-order chi connectivity index (χ0) is 26.9. The lowest BCUT2D eigenvalue weighted by Gasteiger charge is -2.28. The molecule has 0 saturated heterocycles. The summed E-state index contributed by atoms with van der Waals surface area (Å²) in [7, 11) is 2.10. The standard InChI is InChI=1S/C36H36N2/c1-6-29(7-2)30(8-3)22-21-28(4)38(36-20-14-17-31-15-12-13-16-32(31)27-36)35-25-23-34(24-26-35)37(5)33-18-10-9-11-19-33/h6-16,18-27H,1,3,17H2,2,4-5H3/b28-21+,29-7-,30-22-. The van der Waals surface area contributed by atoms with Gasteiger partial charge in [0.2, 0.25) is 0 Å². The number of para-hydroxylation sites is 1. The summed E-state index contributed by atoms with van der Waals surface area (Å²) in [4.78, 5) is 4.51. The molecule has 1 aliphatic carbocycles. The number of hydrogen-bond acceptors (Lipinski definition) is 2. The van der Waals surface area contributed by atoms with E-state index in [1.807, 2.05) is 25.1 Å². The molecule has 3 aromatic rings. The fourth-order valence-corrected chi connectivity index (χ4v) is 4.67. The lowest BCUT2D eigenvalue weighted by Crippen LogP contribution is -2.19. The van der Waals surface area contributed by atoms with Crippen molar-refractivity contribution in [3.05, 3.63) is 168 Å². The Balaban J connectivity index is 1.78. The van der Waals surface area contributed by atoms with Gasteiger partial charge in [-0.3, -0.25) is 0 Å². The number of allylic oxidation sites excluding steroid dienone is 10. The van der Waals surface area contributed by atoms with E-state index >= 15 is 0 Å². The van der Waals surface area contributed by atoms with Crippen LogP contribution >= 0.6 is 0 Å². The predicted octanol–water partition coefficient (Wildman–Crippen LogP) is 9.56. The molecule has 0 spiro atoms. The van der Waals surface area contributed by atoms with Gasteiger partial charge in [0.15, 0.2) is 0 Å². The van der Waals surface area contributed by atoms with Gasteiger partial charge in [-0.05, 0) is 97.2 Å². The molecule has 0 aromatic heterocycles. The van der Waals surface area contributed by atoms with Crippen LogP contribution in [0, 0.1) is 0 Å². The number of anilines is 3. The van der Waals surface area contributed by atoms with Gasteiger partial charge in [-0.2, -0.15) is 0 Å². The molecular weight excluding hydrogens is 460 g/mol. The van der Waals surface area contributed by atoms with Gasteiger partial charge in [-0.1, -0.05) is 86.0 Å². The molecule has 3 aromatic carbocycles. The lowest BCUT2D eigenvalue weighted by molar-refractivity contribution is 1.10. The van der Waals surface area contributed by atoms with Gasteiger partial charge in [0.25, 0.3) is 0 Å². The summed E-state index contributed by atoms with van der Waals surface area (Å²) in [5, 5.41) is 0. The highest BCUT2D eigenvalue weighted by molar-refractivity contribution is 5.73. The largest absolute Gasteiger partial charge is 0.345 e. The SMILES string of the molecule is C=CC(=C/C)/C(C=C)=C\C=C(/C)N(C1=Cc2ccccc2CC=C1)c1ccc(N(C)c2ccccc2)cc1. The lowest BCUT2D eigenvalue weighted by atomic mass is 10.0. The average molecular weight is 497 g/mol. The second kappa shape index (κ2) is 12.6. The van der Waals surface area contributed by atoms with Gasteiger partial charge in [-0.15, -0.1) is 0 Å². The Kier molecular flexibility index (Phi) is 8.79. The van der Waals surface area contributed by atoms with E-state index in [1.54, 1.807) is 0 Å². The highest BCUT2D eigenvalue weighted by Gasteiger charge is 2.16. The third-order valence-electron chi connectivity index (χ3n) is 6.82. The van der Waals surface area contributed by atoms with Gasteiger partial charge in [0.1, 0.15) is 0 Å². The number of benzene rings is 3. The normalized spacial score (nSPS) is 13.8. The van der Waals surface area contributed by atoms with E-state index < -0.39 is 0 Å². The topological polar surface area (TPSA) is 6.48 Å². The van der Waals surface area contributed by atoms with Crippen molar-refractivity contribution in [3.8, 4) is 0 Å². The van der Waals surface area contributed by atoms with Crippen molar-refractivity contribution < 1.29 is 0 Å². The van der Waals surface area contributed by atoms with E-state index in [9.17, 15) is 0 Å². The molecule has 1 aliphatic rings. The third kappa shape index (κ3) is 6.04.